The second kappa shape index (κ2) is 8.41. The van der Waals surface area contributed by atoms with E-state index >= 15 is 0 Å². The van der Waals surface area contributed by atoms with Gasteiger partial charge in [-0.2, -0.15) is 0 Å². The second-order valence-electron chi connectivity index (χ2n) is 7.09. The lowest BCUT2D eigenvalue weighted by Gasteiger charge is -2.25. The zero-order chi connectivity index (χ0) is 19.4. The molecule has 1 N–H and O–H groups in total. The summed E-state index contributed by atoms with van der Waals surface area (Å²) in [5.74, 6) is 0.438. The Balaban J connectivity index is 1.65. The SMILES string of the molecule is CCCCC(=O)N1CCCN(C(=O)c2ccc3c(c2)NC(=O)C(C)O3)CC1. The van der Waals surface area contributed by atoms with Gasteiger partial charge in [0.1, 0.15) is 5.75 Å². The number of ether oxygens (including phenoxy) is 1. The second-order valence-corrected chi connectivity index (χ2v) is 7.09. The number of hydrogen-bond donors (Lipinski definition) is 1. The van der Waals surface area contributed by atoms with Crippen LogP contribution in [-0.4, -0.2) is 59.8 Å². The third-order valence-corrected chi connectivity index (χ3v) is 5.04. The molecule has 0 bridgehead atoms. The molecule has 1 fully saturated rings. The Kier molecular flexibility index (Phi) is 5.98. The van der Waals surface area contributed by atoms with E-state index in [0.717, 1.165) is 19.3 Å². The van der Waals surface area contributed by atoms with Crippen LogP contribution < -0.4 is 10.1 Å². The number of nitrogens with one attached hydrogen (secondary N) is 1. The van der Waals surface area contributed by atoms with Crippen LogP contribution in [0.1, 0.15) is 49.9 Å². The molecule has 0 spiro atoms. The molecule has 0 aliphatic carbocycles. The number of rotatable bonds is 4. The Morgan fingerprint density at radius 2 is 1.93 bits per heavy atom. The minimum atomic E-state index is -0.541. The Morgan fingerprint density at radius 3 is 2.70 bits per heavy atom. The van der Waals surface area contributed by atoms with E-state index in [-0.39, 0.29) is 17.7 Å². The van der Waals surface area contributed by atoms with E-state index in [2.05, 4.69) is 12.2 Å². The molecule has 3 rings (SSSR count). The van der Waals surface area contributed by atoms with E-state index < -0.39 is 6.10 Å². The van der Waals surface area contributed by atoms with Crippen molar-refractivity contribution < 1.29 is 19.1 Å². The third-order valence-electron chi connectivity index (χ3n) is 5.04. The largest absolute Gasteiger partial charge is 0.479 e. The molecule has 7 nitrogen and oxygen atoms in total. The molecular weight excluding hydrogens is 346 g/mol. The minimum Gasteiger partial charge on any atom is -0.479 e. The molecule has 3 amide bonds. The Bertz CT molecular complexity index is 734. The maximum Gasteiger partial charge on any atom is 0.265 e. The zero-order valence-corrected chi connectivity index (χ0v) is 16.0. The standard InChI is InChI=1S/C20H27N3O4/c1-3-4-6-18(24)22-9-5-10-23(12-11-22)20(26)15-7-8-17-16(13-15)21-19(25)14(2)27-17/h7-8,13-14H,3-6,9-12H2,1-2H3,(H,21,25). The fourth-order valence-corrected chi connectivity index (χ4v) is 3.38. The average Bonchev–Trinajstić information content (AvgIpc) is 2.92. The van der Waals surface area contributed by atoms with Crippen LogP contribution in [0.3, 0.4) is 0 Å². The molecule has 2 heterocycles. The van der Waals surface area contributed by atoms with Gasteiger partial charge >= 0.3 is 0 Å². The molecule has 1 unspecified atom stereocenters. The molecule has 146 valence electrons. The maximum atomic E-state index is 12.9. The molecule has 1 atom stereocenters. The van der Waals surface area contributed by atoms with Crippen LogP contribution in [0.5, 0.6) is 5.75 Å². The number of amides is 3. The van der Waals surface area contributed by atoms with Crippen LogP contribution in [0.4, 0.5) is 5.69 Å². The van der Waals surface area contributed by atoms with Gasteiger partial charge in [0.05, 0.1) is 5.69 Å². The van der Waals surface area contributed by atoms with Gasteiger partial charge < -0.3 is 19.9 Å². The summed E-state index contributed by atoms with van der Waals surface area (Å²) in [6.07, 6.45) is 2.71. The molecule has 1 saturated heterocycles. The van der Waals surface area contributed by atoms with Gasteiger partial charge in [0.15, 0.2) is 6.10 Å². The lowest BCUT2D eigenvalue weighted by Crippen LogP contribution is -2.37. The number of benzene rings is 1. The van der Waals surface area contributed by atoms with Crippen molar-refractivity contribution in [1.82, 2.24) is 9.80 Å². The number of unbranched alkanes of at least 4 members (excludes halogenated alkanes) is 1. The lowest BCUT2D eigenvalue weighted by molar-refractivity contribution is -0.131. The van der Waals surface area contributed by atoms with Crippen molar-refractivity contribution >= 4 is 23.4 Å². The highest BCUT2D eigenvalue weighted by Gasteiger charge is 2.26. The molecule has 1 aromatic carbocycles. The molecule has 2 aliphatic rings. The maximum absolute atomic E-state index is 12.9. The summed E-state index contributed by atoms with van der Waals surface area (Å²) in [7, 11) is 0. The van der Waals surface area contributed by atoms with E-state index in [9.17, 15) is 14.4 Å². The van der Waals surface area contributed by atoms with Gasteiger partial charge in [-0.15, -0.1) is 0 Å². The molecular formula is C20H27N3O4. The van der Waals surface area contributed by atoms with E-state index in [0.29, 0.717) is 49.6 Å². The van der Waals surface area contributed by atoms with Crippen molar-refractivity contribution in [2.75, 3.05) is 31.5 Å². The van der Waals surface area contributed by atoms with Gasteiger partial charge in [-0.25, -0.2) is 0 Å². The van der Waals surface area contributed by atoms with Crippen LogP contribution in [0.15, 0.2) is 18.2 Å². The highest BCUT2D eigenvalue weighted by Crippen LogP contribution is 2.30. The minimum absolute atomic E-state index is 0.0893. The highest BCUT2D eigenvalue weighted by atomic mass is 16.5. The van der Waals surface area contributed by atoms with Gasteiger partial charge in [0.2, 0.25) is 5.91 Å². The van der Waals surface area contributed by atoms with Crippen LogP contribution in [0, 0.1) is 0 Å². The van der Waals surface area contributed by atoms with Crippen molar-refractivity contribution in [1.29, 1.82) is 0 Å². The Labute approximate surface area is 159 Å². The molecule has 0 aromatic heterocycles. The topological polar surface area (TPSA) is 79.0 Å². The summed E-state index contributed by atoms with van der Waals surface area (Å²) < 4.78 is 5.54. The van der Waals surface area contributed by atoms with Crippen molar-refractivity contribution in [3.8, 4) is 5.75 Å². The summed E-state index contributed by atoms with van der Waals surface area (Å²) in [5, 5.41) is 2.77. The van der Waals surface area contributed by atoms with Crippen molar-refractivity contribution in [2.45, 2.75) is 45.6 Å². The number of carbonyl (C=O) groups is 3. The van der Waals surface area contributed by atoms with E-state index in [4.69, 9.17) is 4.74 Å². The first-order valence-corrected chi connectivity index (χ1v) is 9.68. The molecule has 0 radical (unpaired) electrons. The summed E-state index contributed by atoms with van der Waals surface area (Å²) in [6.45, 7) is 6.15. The van der Waals surface area contributed by atoms with E-state index in [1.807, 2.05) is 4.90 Å². The molecule has 1 aromatic rings. The van der Waals surface area contributed by atoms with Gasteiger partial charge in [0.25, 0.3) is 11.8 Å². The van der Waals surface area contributed by atoms with Crippen LogP contribution in [-0.2, 0) is 9.59 Å². The lowest BCUT2D eigenvalue weighted by atomic mass is 10.1. The molecule has 2 aliphatic heterocycles. The van der Waals surface area contributed by atoms with Crippen LogP contribution in [0.25, 0.3) is 0 Å². The Morgan fingerprint density at radius 1 is 1.19 bits per heavy atom. The average molecular weight is 373 g/mol. The molecule has 7 heteroatoms. The summed E-state index contributed by atoms with van der Waals surface area (Å²) in [5.41, 5.74) is 1.04. The van der Waals surface area contributed by atoms with Gasteiger partial charge in [-0.05, 0) is 38.0 Å². The van der Waals surface area contributed by atoms with Crippen molar-refractivity contribution in [3.63, 3.8) is 0 Å². The van der Waals surface area contributed by atoms with Gasteiger partial charge in [-0.1, -0.05) is 13.3 Å². The fraction of sp³-hybridized carbons (Fsp3) is 0.550. The predicted octanol–water partition coefficient (Wildman–Crippen LogP) is 2.27. The summed E-state index contributed by atoms with van der Waals surface area (Å²) in [6, 6.07) is 5.10. The van der Waals surface area contributed by atoms with Gasteiger partial charge in [-0.3, -0.25) is 14.4 Å². The first-order chi connectivity index (χ1) is 13.0. The molecule has 27 heavy (non-hydrogen) atoms. The fourth-order valence-electron chi connectivity index (χ4n) is 3.38. The number of fused-ring (bicyclic) bond motifs is 1. The normalized spacial score (nSPS) is 19.6. The first-order valence-electron chi connectivity index (χ1n) is 9.68. The van der Waals surface area contributed by atoms with Gasteiger partial charge in [0, 0.05) is 38.2 Å². The number of hydrogen-bond acceptors (Lipinski definition) is 4. The smallest absolute Gasteiger partial charge is 0.265 e. The van der Waals surface area contributed by atoms with Crippen molar-refractivity contribution in [3.05, 3.63) is 23.8 Å². The van der Waals surface area contributed by atoms with Crippen LogP contribution >= 0.6 is 0 Å². The summed E-state index contributed by atoms with van der Waals surface area (Å²) >= 11 is 0. The number of anilines is 1. The Hall–Kier alpha value is -2.57. The predicted molar refractivity (Wildman–Crippen MR) is 102 cm³/mol. The quantitative estimate of drug-likeness (QED) is 0.878. The van der Waals surface area contributed by atoms with E-state index in [1.54, 1.807) is 30.0 Å². The number of nitrogens with zero attached hydrogens (tertiary/aromatic N) is 2. The van der Waals surface area contributed by atoms with Crippen LogP contribution in [0.2, 0.25) is 0 Å². The van der Waals surface area contributed by atoms with Crippen molar-refractivity contribution in [2.24, 2.45) is 0 Å². The number of carbonyl (C=O) groups excluding carboxylic acids is 3. The third kappa shape index (κ3) is 4.40. The summed E-state index contributed by atoms with van der Waals surface area (Å²) in [4.78, 5) is 40.6. The van der Waals surface area contributed by atoms with E-state index in [1.165, 1.54) is 0 Å². The first kappa shape index (κ1) is 19.2. The monoisotopic (exact) mass is 373 g/mol. The zero-order valence-electron chi connectivity index (χ0n) is 16.0. The highest BCUT2D eigenvalue weighted by molar-refractivity contribution is 6.01. The molecule has 0 saturated carbocycles.